The van der Waals surface area contributed by atoms with Gasteiger partial charge in [-0.2, -0.15) is 4.31 Å². The molecule has 2 aliphatic rings. The van der Waals surface area contributed by atoms with Crippen molar-refractivity contribution >= 4 is 27.8 Å². The maximum Gasteiger partial charge on any atom is 0.309 e. The van der Waals surface area contributed by atoms with Crippen LogP contribution in [0.1, 0.15) is 30.1 Å². The van der Waals surface area contributed by atoms with Crippen LogP contribution in [0.25, 0.3) is 0 Å². The SMILES string of the molecule is CCOC(=O)C1CCN(C(=O)CN(C)C(=O)c2cccc(S(=O)(=O)N3CCOCC3)c2)CC1. The zero-order valence-corrected chi connectivity index (χ0v) is 19.9. The molecule has 0 saturated carbocycles. The van der Waals surface area contributed by atoms with Crippen LogP contribution < -0.4 is 0 Å². The van der Waals surface area contributed by atoms with Crippen LogP contribution in [0.2, 0.25) is 0 Å². The number of benzene rings is 1. The van der Waals surface area contributed by atoms with Gasteiger partial charge in [-0.1, -0.05) is 6.07 Å². The Morgan fingerprint density at radius 1 is 1.12 bits per heavy atom. The van der Waals surface area contributed by atoms with E-state index in [0.717, 1.165) is 0 Å². The average Bonchev–Trinajstić information content (AvgIpc) is 2.84. The first kappa shape index (κ1) is 25.1. The van der Waals surface area contributed by atoms with Crippen LogP contribution in [-0.4, -0.2) is 99.9 Å². The molecule has 1 aromatic carbocycles. The maximum atomic E-state index is 12.9. The van der Waals surface area contributed by atoms with Gasteiger partial charge in [0.1, 0.15) is 0 Å². The number of rotatable bonds is 7. The second-order valence-electron chi connectivity index (χ2n) is 8.11. The van der Waals surface area contributed by atoms with Crippen molar-refractivity contribution in [2.45, 2.75) is 24.7 Å². The highest BCUT2D eigenvalue weighted by atomic mass is 32.2. The van der Waals surface area contributed by atoms with E-state index in [1.165, 1.54) is 40.5 Å². The lowest BCUT2D eigenvalue weighted by Gasteiger charge is -2.32. The molecule has 0 spiro atoms. The van der Waals surface area contributed by atoms with Gasteiger partial charge in [-0.3, -0.25) is 14.4 Å². The largest absolute Gasteiger partial charge is 0.466 e. The molecular weight excluding hydrogens is 450 g/mol. The van der Waals surface area contributed by atoms with E-state index < -0.39 is 15.9 Å². The first-order chi connectivity index (χ1) is 15.7. The number of carbonyl (C=O) groups is 3. The third-order valence-corrected chi connectivity index (χ3v) is 7.77. The van der Waals surface area contributed by atoms with Crippen LogP contribution in [0.15, 0.2) is 29.2 Å². The summed E-state index contributed by atoms with van der Waals surface area (Å²) < 4.78 is 37.4. The van der Waals surface area contributed by atoms with E-state index in [1.807, 2.05) is 0 Å². The average molecular weight is 482 g/mol. The van der Waals surface area contributed by atoms with Gasteiger partial charge < -0.3 is 19.3 Å². The number of carbonyl (C=O) groups excluding carboxylic acids is 3. The highest BCUT2D eigenvalue weighted by molar-refractivity contribution is 7.89. The van der Waals surface area contributed by atoms with E-state index in [0.29, 0.717) is 45.8 Å². The van der Waals surface area contributed by atoms with Crippen LogP contribution in [-0.2, 0) is 29.1 Å². The highest BCUT2D eigenvalue weighted by Crippen LogP contribution is 2.21. The minimum absolute atomic E-state index is 0.0380. The molecule has 2 amide bonds. The molecule has 0 bridgehead atoms. The number of likely N-dealkylation sites (tertiary alicyclic amines) is 1. The molecule has 0 atom stereocenters. The predicted octanol–water partition coefficient (Wildman–Crippen LogP) is 0.581. The second-order valence-corrected chi connectivity index (χ2v) is 10.1. The second kappa shape index (κ2) is 11.1. The van der Waals surface area contributed by atoms with Gasteiger partial charge in [0.2, 0.25) is 15.9 Å². The summed E-state index contributed by atoms with van der Waals surface area (Å²) in [4.78, 5) is 40.4. The lowest BCUT2D eigenvalue weighted by Crippen LogP contribution is -2.45. The summed E-state index contributed by atoms with van der Waals surface area (Å²) in [6.45, 7) is 4.01. The number of likely N-dealkylation sites (N-methyl/N-ethyl adjacent to an activating group) is 1. The molecule has 11 heteroatoms. The zero-order valence-electron chi connectivity index (χ0n) is 19.1. The fourth-order valence-electron chi connectivity index (χ4n) is 3.95. The van der Waals surface area contributed by atoms with Crippen LogP contribution in [0.5, 0.6) is 0 Å². The molecule has 182 valence electrons. The number of sulfonamides is 1. The summed E-state index contributed by atoms with van der Waals surface area (Å²) in [5, 5.41) is 0. The Morgan fingerprint density at radius 2 is 1.79 bits per heavy atom. The number of hydrogen-bond donors (Lipinski definition) is 0. The van der Waals surface area contributed by atoms with Gasteiger partial charge in [0.15, 0.2) is 0 Å². The Kier molecular flexibility index (Phi) is 8.44. The van der Waals surface area contributed by atoms with E-state index in [4.69, 9.17) is 9.47 Å². The van der Waals surface area contributed by atoms with Crippen molar-refractivity contribution < 1.29 is 32.3 Å². The van der Waals surface area contributed by atoms with Crippen molar-refractivity contribution in [3.8, 4) is 0 Å². The van der Waals surface area contributed by atoms with E-state index in [1.54, 1.807) is 11.8 Å². The van der Waals surface area contributed by atoms with E-state index >= 15 is 0 Å². The third kappa shape index (κ3) is 6.10. The number of esters is 1. The molecule has 33 heavy (non-hydrogen) atoms. The number of amides is 2. The Labute approximate surface area is 194 Å². The first-order valence-electron chi connectivity index (χ1n) is 11.1. The molecule has 0 aliphatic carbocycles. The molecule has 2 saturated heterocycles. The number of ether oxygens (including phenoxy) is 2. The maximum absolute atomic E-state index is 12.9. The normalized spacial score (nSPS) is 18.1. The Morgan fingerprint density at radius 3 is 2.42 bits per heavy atom. The van der Waals surface area contributed by atoms with Crippen LogP contribution in [0.3, 0.4) is 0 Å². The topological polar surface area (TPSA) is 114 Å². The van der Waals surface area contributed by atoms with Crippen molar-refractivity contribution in [3.05, 3.63) is 29.8 Å². The monoisotopic (exact) mass is 481 g/mol. The van der Waals surface area contributed by atoms with Crippen molar-refractivity contribution in [1.82, 2.24) is 14.1 Å². The van der Waals surface area contributed by atoms with Crippen molar-refractivity contribution in [3.63, 3.8) is 0 Å². The number of hydrogen-bond acceptors (Lipinski definition) is 7. The summed E-state index contributed by atoms with van der Waals surface area (Å²) >= 11 is 0. The van der Waals surface area contributed by atoms with Crippen molar-refractivity contribution in [2.75, 3.05) is 59.6 Å². The number of nitrogens with zero attached hydrogens (tertiary/aromatic N) is 3. The summed E-state index contributed by atoms with van der Waals surface area (Å²) in [6.07, 6.45) is 1.06. The van der Waals surface area contributed by atoms with Crippen LogP contribution in [0.4, 0.5) is 0 Å². The molecule has 1 aromatic rings. The molecular formula is C22H31N3O7S. The predicted molar refractivity (Wildman–Crippen MR) is 119 cm³/mol. The van der Waals surface area contributed by atoms with Gasteiger partial charge in [0.05, 0.1) is 37.2 Å². The fraction of sp³-hybridized carbons (Fsp3) is 0.591. The van der Waals surface area contributed by atoms with Crippen molar-refractivity contribution in [1.29, 1.82) is 0 Å². The number of piperidine rings is 1. The van der Waals surface area contributed by atoms with E-state index in [2.05, 4.69) is 0 Å². The minimum Gasteiger partial charge on any atom is -0.466 e. The van der Waals surface area contributed by atoms with Crippen LogP contribution in [0, 0.1) is 5.92 Å². The van der Waals surface area contributed by atoms with Gasteiger partial charge in [0.25, 0.3) is 5.91 Å². The Hall–Kier alpha value is -2.50. The third-order valence-electron chi connectivity index (χ3n) is 5.88. The standard InChI is InChI=1S/C22H31N3O7S/c1-3-32-22(28)17-7-9-24(10-8-17)20(26)16-23(2)21(27)18-5-4-6-19(15-18)33(29,30)25-11-13-31-14-12-25/h4-6,15,17H,3,7-14,16H2,1-2H3. The molecule has 0 radical (unpaired) electrons. The molecule has 2 aliphatic heterocycles. The molecule has 0 N–H and O–H groups in total. The molecule has 2 heterocycles. The van der Waals surface area contributed by atoms with Gasteiger partial charge in [-0.05, 0) is 38.0 Å². The molecule has 2 fully saturated rings. The molecule has 10 nitrogen and oxygen atoms in total. The van der Waals surface area contributed by atoms with E-state index in [9.17, 15) is 22.8 Å². The van der Waals surface area contributed by atoms with E-state index in [-0.39, 0.29) is 47.9 Å². The van der Waals surface area contributed by atoms with Gasteiger partial charge >= 0.3 is 5.97 Å². The molecule has 0 aromatic heterocycles. The Bertz CT molecular complexity index is 968. The van der Waals surface area contributed by atoms with Crippen molar-refractivity contribution in [2.24, 2.45) is 5.92 Å². The van der Waals surface area contributed by atoms with Gasteiger partial charge in [-0.25, -0.2) is 8.42 Å². The quantitative estimate of drug-likeness (QED) is 0.524. The van der Waals surface area contributed by atoms with Crippen LogP contribution >= 0.6 is 0 Å². The smallest absolute Gasteiger partial charge is 0.309 e. The Balaban J connectivity index is 1.59. The lowest BCUT2D eigenvalue weighted by molar-refractivity contribution is -0.151. The van der Waals surface area contributed by atoms with Gasteiger partial charge in [0, 0.05) is 38.8 Å². The number of morpholine rings is 1. The fourth-order valence-corrected chi connectivity index (χ4v) is 5.40. The first-order valence-corrected chi connectivity index (χ1v) is 12.6. The molecule has 0 unspecified atom stereocenters. The molecule has 3 rings (SSSR count). The summed E-state index contributed by atoms with van der Waals surface area (Å²) in [7, 11) is -2.22. The summed E-state index contributed by atoms with van der Waals surface area (Å²) in [5.41, 5.74) is 0.195. The highest BCUT2D eigenvalue weighted by Gasteiger charge is 2.30. The van der Waals surface area contributed by atoms with Gasteiger partial charge in [-0.15, -0.1) is 0 Å². The minimum atomic E-state index is -3.73. The lowest BCUT2D eigenvalue weighted by atomic mass is 9.97. The zero-order chi connectivity index (χ0) is 24.0. The summed E-state index contributed by atoms with van der Waals surface area (Å²) in [6, 6.07) is 5.86. The summed E-state index contributed by atoms with van der Waals surface area (Å²) in [5.74, 6) is -1.10.